The van der Waals surface area contributed by atoms with Gasteiger partial charge in [0.05, 0.1) is 18.7 Å². The Morgan fingerprint density at radius 2 is 1.92 bits per heavy atom. The minimum absolute atomic E-state index is 0.232. The zero-order valence-corrected chi connectivity index (χ0v) is 16.3. The highest BCUT2D eigenvalue weighted by atomic mass is 35.5. The molecular formula is C19H23ClF2N2O2. The maximum Gasteiger partial charge on any atom is 0.356 e. The fraction of sp³-hybridized carbons (Fsp3) is 0.474. The van der Waals surface area contributed by atoms with Gasteiger partial charge in [-0.2, -0.15) is 8.78 Å². The van der Waals surface area contributed by atoms with Crippen molar-refractivity contribution in [3.05, 3.63) is 35.0 Å². The van der Waals surface area contributed by atoms with Crippen LogP contribution in [0.4, 0.5) is 14.5 Å². The van der Waals surface area contributed by atoms with Gasteiger partial charge in [-0.1, -0.05) is 20.8 Å². The molecule has 1 aromatic carbocycles. The zero-order valence-electron chi connectivity index (χ0n) is 15.5. The highest BCUT2D eigenvalue weighted by Crippen LogP contribution is 2.34. The number of anilines is 1. The number of pyridine rings is 1. The molecule has 0 atom stereocenters. The summed E-state index contributed by atoms with van der Waals surface area (Å²) >= 11 is 4.99. The first-order valence-electron chi connectivity index (χ1n) is 8.36. The van der Waals surface area contributed by atoms with Crippen molar-refractivity contribution in [2.24, 2.45) is 0 Å². The summed E-state index contributed by atoms with van der Waals surface area (Å²) in [5.74, 6) is -0.485. The summed E-state index contributed by atoms with van der Waals surface area (Å²) in [5.41, 5.74) is 2.75. The first-order chi connectivity index (χ1) is 11.9. The minimum atomic E-state index is -3.34. The van der Waals surface area contributed by atoms with Crippen LogP contribution in [0.15, 0.2) is 18.2 Å². The Morgan fingerprint density at radius 1 is 1.27 bits per heavy atom. The van der Waals surface area contributed by atoms with E-state index in [1.807, 2.05) is 27.7 Å². The molecule has 4 nitrogen and oxygen atoms in total. The van der Waals surface area contributed by atoms with Gasteiger partial charge in [-0.05, 0) is 60.2 Å². The van der Waals surface area contributed by atoms with Crippen molar-refractivity contribution in [1.82, 2.24) is 4.98 Å². The topological polar surface area (TPSA) is 51.2 Å². The molecule has 0 aliphatic carbocycles. The lowest BCUT2D eigenvalue weighted by Crippen LogP contribution is -2.21. The molecule has 26 heavy (non-hydrogen) atoms. The van der Waals surface area contributed by atoms with Crippen LogP contribution < -0.4 is 5.32 Å². The number of hydrogen-bond donors (Lipinski definition) is 1. The smallest absolute Gasteiger partial charge is 0.356 e. The van der Waals surface area contributed by atoms with Gasteiger partial charge in [0.2, 0.25) is 0 Å². The Hall–Kier alpha value is -1.95. The van der Waals surface area contributed by atoms with E-state index in [1.54, 1.807) is 25.1 Å². The van der Waals surface area contributed by atoms with E-state index in [0.717, 1.165) is 16.5 Å². The Kier molecular flexibility index (Phi) is 5.76. The second-order valence-corrected chi connectivity index (χ2v) is 7.74. The molecule has 1 heterocycles. The molecule has 0 unspecified atom stereocenters. The Bertz CT molecular complexity index is 827. The van der Waals surface area contributed by atoms with Crippen LogP contribution in [0, 0.1) is 6.92 Å². The van der Waals surface area contributed by atoms with E-state index in [-0.39, 0.29) is 17.7 Å². The predicted molar refractivity (Wildman–Crippen MR) is 100 cm³/mol. The quantitative estimate of drug-likeness (QED) is 0.564. The summed E-state index contributed by atoms with van der Waals surface area (Å²) < 4.78 is 31.0. The number of esters is 1. The molecule has 0 bridgehead atoms. The molecule has 1 N–H and O–H groups in total. The van der Waals surface area contributed by atoms with Crippen LogP contribution in [0.1, 0.15) is 49.3 Å². The van der Waals surface area contributed by atoms with Gasteiger partial charge in [-0.3, -0.25) is 0 Å². The average Bonchev–Trinajstić information content (AvgIpc) is 2.51. The fourth-order valence-electron chi connectivity index (χ4n) is 2.68. The summed E-state index contributed by atoms with van der Waals surface area (Å²) in [6, 6.07) is 5.16. The first-order valence-corrected chi connectivity index (χ1v) is 8.74. The van der Waals surface area contributed by atoms with Crippen molar-refractivity contribution < 1.29 is 18.3 Å². The average molecular weight is 385 g/mol. The molecule has 7 heteroatoms. The van der Waals surface area contributed by atoms with E-state index >= 15 is 0 Å². The number of carbonyl (C=O) groups excluding carboxylic acids is 1. The van der Waals surface area contributed by atoms with Crippen LogP contribution in [0.3, 0.4) is 0 Å². The van der Waals surface area contributed by atoms with Crippen molar-refractivity contribution >= 4 is 34.2 Å². The molecule has 0 saturated heterocycles. The number of aryl methyl sites for hydroxylation is 1. The second-order valence-electron chi connectivity index (χ2n) is 7.18. The maximum atomic E-state index is 13.0. The number of nitrogens with one attached hydrogen (secondary N) is 1. The van der Waals surface area contributed by atoms with Crippen LogP contribution in [-0.2, 0) is 10.2 Å². The van der Waals surface area contributed by atoms with Gasteiger partial charge < -0.3 is 10.1 Å². The lowest BCUT2D eigenvalue weighted by molar-refractivity contribution is 0.0519. The van der Waals surface area contributed by atoms with Crippen molar-refractivity contribution in [2.45, 2.75) is 45.4 Å². The molecule has 1 aromatic heterocycles. The number of rotatable bonds is 5. The fourth-order valence-corrected chi connectivity index (χ4v) is 2.74. The SMILES string of the molecule is CCOC(=O)c1cc(C)c2cc(NCC(F)(F)Cl)cc(C(C)(C)C)c2n1. The largest absolute Gasteiger partial charge is 0.461 e. The number of alkyl halides is 3. The normalized spacial score (nSPS) is 12.3. The molecule has 0 aliphatic heterocycles. The van der Waals surface area contributed by atoms with E-state index in [1.165, 1.54) is 0 Å². The van der Waals surface area contributed by atoms with Gasteiger partial charge in [0, 0.05) is 11.1 Å². The van der Waals surface area contributed by atoms with Crippen LogP contribution in [-0.4, -0.2) is 29.5 Å². The van der Waals surface area contributed by atoms with Gasteiger partial charge >= 0.3 is 11.4 Å². The molecular weight excluding hydrogens is 362 g/mol. The lowest BCUT2D eigenvalue weighted by Gasteiger charge is -2.23. The van der Waals surface area contributed by atoms with E-state index in [2.05, 4.69) is 10.3 Å². The third kappa shape index (κ3) is 4.81. The van der Waals surface area contributed by atoms with Gasteiger partial charge in [-0.15, -0.1) is 0 Å². The van der Waals surface area contributed by atoms with Gasteiger partial charge in [-0.25, -0.2) is 9.78 Å². The predicted octanol–water partition coefficient (Wildman–Crippen LogP) is 5.26. The number of benzene rings is 1. The van der Waals surface area contributed by atoms with Crippen LogP contribution >= 0.6 is 11.6 Å². The summed E-state index contributed by atoms with van der Waals surface area (Å²) in [6.45, 7) is 9.15. The van der Waals surface area contributed by atoms with Crippen LogP contribution in [0.5, 0.6) is 0 Å². The third-order valence-electron chi connectivity index (χ3n) is 3.91. The Balaban J connectivity index is 2.64. The van der Waals surface area contributed by atoms with E-state index in [0.29, 0.717) is 11.2 Å². The number of halogens is 3. The van der Waals surface area contributed by atoms with Crippen molar-refractivity contribution in [3.8, 4) is 0 Å². The van der Waals surface area contributed by atoms with Gasteiger partial charge in [0.15, 0.2) is 0 Å². The molecule has 0 saturated carbocycles. The van der Waals surface area contributed by atoms with Gasteiger partial charge in [0.25, 0.3) is 0 Å². The standard InChI is InChI=1S/C19H23ClF2N2O2/c1-6-26-17(25)15-7-11(2)13-8-12(23-10-19(20,21)22)9-14(16(13)24-15)18(3,4)5/h7-9,23H,6,10H2,1-5H3. The molecule has 0 amide bonds. The van der Waals surface area contributed by atoms with Crippen molar-refractivity contribution in [3.63, 3.8) is 0 Å². The first kappa shape index (κ1) is 20.4. The molecule has 142 valence electrons. The molecule has 2 aromatic rings. The summed E-state index contributed by atoms with van der Waals surface area (Å²) in [6.07, 6.45) is 0. The molecule has 0 radical (unpaired) electrons. The van der Waals surface area contributed by atoms with E-state index in [9.17, 15) is 13.6 Å². The number of ether oxygens (including phenoxy) is 1. The van der Waals surface area contributed by atoms with Crippen molar-refractivity contribution in [2.75, 3.05) is 18.5 Å². The number of aromatic nitrogens is 1. The summed E-state index contributed by atoms with van der Waals surface area (Å²) in [5, 5.41) is 0.121. The number of hydrogen-bond acceptors (Lipinski definition) is 4. The van der Waals surface area contributed by atoms with Crippen LogP contribution in [0.25, 0.3) is 10.9 Å². The highest BCUT2D eigenvalue weighted by Gasteiger charge is 2.25. The van der Waals surface area contributed by atoms with Crippen molar-refractivity contribution in [1.29, 1.82) is 0 Å². The molecule has 0 fully saturated rings. The number of nitrogens with zero attached hydrogens (tertiary/aromatic N) is 1. The highest BCUT2D eigenvalue weighted by molar-refractivity contribution is 6.22. The molecule has 0 aliphatic rings. The minimum Gasteiger partial charge on any atom is -0.461 e. The molecule has 2 rings (SSSR count). The van der Waals surface area contributed by atoms with E-state index < -0.39 is 17.9 Å². The number of carbonyl (C=O) groups is 1. The monoisotopic (exact) mass is 384 g/mol. The molecule has 0 spiro atoms. The van der Waals surface area contributed by atoms with Crippen LogP contribution in [0.2, 0.25) is 0 Å². The zero-order chi connectivity index (χ0) is 19.7. The third-order valence-corrected chi connectivity index (χ3v) is 4.04. The summed E-state index contributed by atoms with van der Waals surface area (Å²) in [7, 11) is 0. The lowest BCUT2D eigenvalue weighted by atomic mass is 9.84. The second kappa shape index (κ2) is 7.35. The van der Waals surface area contributed by atoms with Gasteiger partial charge in [0.1, 0.15) is 5.69 Å². The summed E-state index contributed by atoms with van der Waals surface area (Å²) in [4.78, 5) is 16.6. The Labute approximate surface area is 156 Å². The number of fused-ring (bicyclic) bond motifs is 1. The Morgan fingerprint density at radius 3 is 2.46 bits per heavy atom. The van der Waals surface area contributed by atoms with E-state index in [4.69, 9.17) is 16.3 Å². The maximum absolute atomic E-state index is 13.0.